The van der Waals surface area contributed by atoms with Crippen LogP contribution >= 0.6 is 11.6 Å². The van der Waals surface area contributed by atoms with Gasteiger partial charge in [0.1, 0.15) is 5.75 Å². The maximum absolute atomic E-state index is 12.4. The normalized spacial score (nSPS) is 11.4. The van der Waals surface area contributed by atoms with Crippen LogP contribution in [0.3, 0.4) is 0 Å². The number of sulfonamides is 1. The molecule has 6 nitrogen and oxygen atoms in total. The number of methoxy groups -OCH3 is 1. The molecule has 2 rings (SSSR count). The van der Waals surface area contributed by atoms with E-state index in [1.807, 2.05) is 13.8 Å². The van der Waals surface area contributed by atoms with E-state index in [1.54, 1.807) is 24.3 Å². The van der Waals surface area contributed by atoms with Crippen molar-refractivity contribution >= 4 is 33.2 Å². The van der Waals surface area contributed by atoms with Gasteiger partial charge in [0.25, 0.3) is 5.91 Å². The van der Waals surface area contributed by atoms with Crippen molar-refractivity contribution in [3.63, 3.8) is 0 Å². The molecule has 0 spiro atoms. The van der Waals surface area contributed by atoms with Gasteiger partial charge in [-0.2, -0.15) is 0 Å². The van der Waals surface area contributed by atoms with Crippen LogP contribution in [0.2, 0.25) is 5.02 Å². The van der Waals surface area contributed by atoms with Crippen LogP contribution in [0.25, 0.3) is 0 Å². The van der Waals surface area contributed by atoms with E-state index in [0.29, 0.717) is 23.0 Å². The first-order valence-corrected chi connectivity index (χ1v) is 9.83. The summed E-state index contributed by atoms with van der Waals surface area (Å²) in [5.74, 6) is 0.234. The summed E-state index contributed by atoms with van der Waals surface area (Å²) in [4.78, 5) is 12.5. The molecule has 0 fully saturated rings. The molecule has 0 aliphatic rings. The number of carbonyl (C=O) groups excluding carboxylic acids is 1. The average molecular weight is 397 g/mol. The average Bonchev–Trinajstić information content (AvgIpc) is 2.60. The van der Waals surface area contributed by atoms with Crippen LogP contribution in [0.5, 0.6) is 5.75 Å². The molecule has 0 aliphatic carbocycles. The van der Waals surface area contributed by atoms with Crippen LogP contribution in [-0.2, 0) is 10.0 Å². The Hall–Kier alpha value is -2.09. The summed E-state index contributed by atoms with van der Waals surface area (Å²) in [5, 5.41) is 3.05. The van der Waals surface area contributed by atoms with Gasteiger partial charge < -0.3 is 10.1 Å². The van der Waals surface area contributed by atoms with E-state index in [0.717, 1.165) is 0 Å². The molecule has 2 N–H and O–H groups in total. The smallest absolute Gasteiger partial charge is 0.255 e. The third-order valence-corrected chi connectivity index (χ3v) is 5.21. The Bertz CT molecular complexity index is 898. The van der Waals surface area contributed by atoms with Crippen molar-refractivity contribution in [2.24, 2.45) is 5.92 Å². The largest absolute Gasteiger partial charge is 0.495 e. The van der Waals surface area contributed by atoms with Gasteiger partial charge in [-0.05, 0) is 42.3 Å². The monoisotopic (exact) mass is 396 g/mol. The minimum absolute atomic E-state index is 0.0403. The molecule has 26 heavy (non-hydrogen) atoms. The zero-order chi connectivity index (χ0) is 19.3. The molecule has 0 unspecified atom stereocenters. The van der Waals surface area contributed by atoms with Crippen LogP contribution in [0.4, 0.5) is 5.69 Å². The first-order valence-electron chi connectivity index (χ1n) is 7.97. The van der Waals surface area contributed by atoms with Crippen molar-refractivity contribution in [1.82, 2.24) is 4.72 Å². The Balaban J connectivity index is 2.19. The van der Waals surface area contributed by atoms with Crippen molar-refractivity contribution < 1.29 is 17.9 Å². The van der Waals surface area contributed by atoms with Gasteiger partial charge in [-0.15, -0.1) is 0 Å². The number of carbonyl (C=O) groups is 1. The van der Waals surface area contributed by atoms with E-state index in [-0.39, 0.29) is 16.4 Å². The quantitative estimate of drug-likeness (QED) is 0.749. The fourth-order valence-corrected chi connectivity index (χ4v) is 3.63. The summed E-state index contributed by atoms with van der Waals surface area (Å²) in [5.41, 5.74) is 0.705. The predicted molar refractivity (Wildman–Crippen MR) is 102 cm³/mol. The van der Waals surface area contributed by atoms with Gasteiger partial charge in [-0.25, -0.2) is 13.1 Å². The molecule has 0 atom stereocenters. The molecule has 0 saturated heterocycles. The number of anilines is 1. The lowest BCUT2D eigenvalue weighted by Crippen LogP contribution is -2.27. The molecule has 0 aromatic heterocycles. The topological polar surface area (TPSA) is 84.5 Å². The summed E-state index contributed by atoms with van der Waals surface area (Å²) in [7, 11) is -2.17. The lowest BCUT2D eigenvalue weighted by atomic mass is 10.2. The highest BCUT2D eigenvalue weighted by atomic mass is 35.5. The maximum atomic E-state index is 12.4. The van der Waals surface area contributed by atoms with E-state index in [9.17, 15) is 13.2 Å². The van der Waals surface area contributed by atoms with Gasteiger partial charge in [0.05, 0.1) is 17.0 Å². The molecule has 0 saturated carbocycles. The SMILES string of the molecule is COc1ccc(NC(=O)c2cccc(S(=O)(=O)NCC(C)C)c2)cc1Cl. The van der Waals surface area contributed by atoms with Crippen LogP contribution in [0.1, 0.15) is 24.2 Å². The first-order chi connectivity index (χ1) is 12.2. The van der Waals surface area contributed by atoms with Crippen molar-refractivity contribution in [2.75, 3.05) is 19.0 Å². The van der Waals surface area contributed by atoms with Gasteiger partial charge in [0.15, 0.2) is 0 Å². The number of hydrogen-bond acceptors (Lipinski definition) is 4. The third-order valence-electron chi connectivity index (χ3n) is 3.50. The molecule has 2 aromatic carbocycles. The maximum Gasteiger partial charge on any atom is 0.255 e. The second kappa shape index (κ2) is 8.53. The zero-order valence-electron chi connectivity index (χ0n) is 14.7. The molecular weight excluding hydrogens is 376 g/mol. The van der Waals surface area contributed by atoms with Gasteiger partial charge in [0, 0.05) is 17.8 Å². The van der Waals surface area contributed by atoms with E-state index in [2.05, 4.69) is 10.0 Å². The van der Waals surface area contributed by atoms with E-state index in [1.165, 1.54) is 25.3 Å². The molecule has 0 aliphatic heterocycles. The fraction of sp³-hybridized carbons (Fsp3) is 0.278. The van der Waals surface area contributed by atoms with Crippen molar-refractivity contribution in [3.8, 4) is 5.75 Å². The highest BCUT2D eigenvalue weighted by Gasteiger charge is 2.16. The number of benzene rings is 2. The van der Waals surface area contributed by atoms with Gasteiger partial charge in [0.2, 0.25) is 10.0 Å². The highest BCUT2D eigenvalue weighted by Crippen LogP contribution is 2.27. The summed E-state index contributed by atoms with van der Waals surface area (Å²) >= 11 is 6.04. The van der Waals surface area contributed by atoms with Crippen molar-refractivity contribution in [1.29, 1.82) is 0 Å². The second-order valence-electron chi connectivity index (χ2n) is 6.08. The molecular formula is C18H21ClN2O4S. The molecule has 1 amide bonds. The number of ether oxygens (including phenoxy) is 1. The second-order valence-corrected chi connectivity index (χ2v) is 8.25. The Morgan fingerprint density at radius 2 is 1.92 bits per heavy atom. The third kappa shape index (κ3) is 5.20. The predicted octanol–water partition coefficient (Wildman–Crippen LogP) is 3.54. The molecule has 0 radical (unpaired) electrons. The number of hydrogen-bond donors (Lipinski definition) is 2. The summed E-state index contributed by atoms with van der Waals surface area (Å²) in [6.07, 6.45) is 0. The summed E-state index contributed by atoms with van der Waals surface area (Å²) in [6, 6.07) is 10.7. The summed E-state index contributed by atoms with van der Waals surface area (Å²) < 4.78 is 32.2. The van der Waals surface area contributed by atoms with Crippen molar-refractivity contribution in [2.45, 2.75) is 18.7 Å². The fourth-order valence-electron chi connectivity index (χ4n) is 2.11. The molecule has 0 heterocycles. The van der Waals surface area contributed by atoms with Crippen LogP contribution < -0.4 is 14.8 Å². The zero-order valence-corrected chi connectivity index (χ0v) is 16.3. The molecule has 140 valence electrons. The van der Waals surface area contributed by atoms with E-state index < -0.39 is 15.9 Å². The highest BCUT2D eigenvalue weighted by molar-refractivity contribution is 7.89. The first kappa shape index (κ1) is 20.2. The van der Waals surface area contributed by atoms with Crippen LogP contribution in [0, 0.1) is 5.92 Å². The molecule has 8 heteroatoms. The van der Waals surface area contributed by atoms with Gasteiger partial charge >= 0.3 is 0 Å². The minimum atomic E-state index is -3.67. The molecule has 2 aromatic rings. The number of rotatable bonds is 7. The molecule has 0 bridgehead atoms. The van der Waals surface area contributed by atoms with Gasteiger partial charge in [-0.1, -0.05) is 31.5 Å². The van der Waals surface area contributed by atoms with E-state index in [4.69, 9.17) is 16.3 Å². The van der Waals surface area contributed by atoms with Crippen molar-refractivity contribution in [3.05, 3.63) is 53.1 Å². The van der Waals surface area contributed by atoms with Gasteiger partial charge in [-0.3, -0.25) is 4.79 Å². The minimum Gasteiger partial charge on any atom is -0.495 e. The van der Waals surface area contributed by atoms with Crippen LogP contribution in [0.15, 0.2) is 47.4 Å². The Kier molecular flexibility index (Phi) is 6.63. The standard InChI is InChI=1S/C18H21ClN2O4S/c1-12(2)11-20-26(23,24)15-6-4-5-13(9-15)18(22)21-14-7-8-17(25-3)16(19)10-14/h4-10,12,20H,11H2,1-3H3,(H,21,22). The van der Waals surface area contributed by atoms with Crippen LogP contribution in [-0.4, -0.2) is 28.0 Å². The lowest BCUT2D eigenvalue weighted by Gasteiger charge is -2.11. The number of amides is 1. The Morgan fingerprint density at radius 1 is 1.19 bits per heavy atom. The Morgan fingerprint density at radius 3 is 2.54 bits per heavy atom. The lowest BCUT2D eigenvalue weighted by molar-refractivity contribution is 0.102. The number of halogens is 1. The van der Waals surface area contributed by atoms with E-state index >= 15 is 0 Å². The number of nitrogens with one attached hydrogen (secondary N) is 2. The Labute approximate surface area is 158 Å². The summed E-state index contributed by atoms with van der Waals surface area (Å²) in [6.45, 7) is 4.14.